The van der Waals surface area contributed by atoms with Crippen molar-refractivity contribution in [1.29, 1.82) is 0 Å². The molecule has 0 N–H and O–H groups in total. The lowest BCUT2D eigenvalue weighted by Gasteiger charge is -2.20. The smallest absolute Gasteiger partial charge is 0.233 e. The molecule has 2 heterocycles. The standard InChI is InChI=1S/C22H28N4OS/c1-15(2)13-25-18(5)20(17(4)24-25)11-12-21(27)26(19-9-7-6-8-10-19)22-23-16(3)14-28-22/h6-10,14-15H,11-13H2,1-5H3. The van der Waals surface area contributed by atoms with Crippen LogP contribution in [0.2, 0.25) is 0 Å². The highest BCUT2D eigenvalue weighted by atomic mass is 32.1. The van der Waals surface area contributed by atoms with E-state index in [4.69, 9.17) is 0 Å². The van der Waals surface area contributed by atoms with E-state index >= 15 is 0 Å². The van der Waals surface area contributed by atoms with Gasteiger partial charge < -0.3 is 0 Å². The van der Waals surface area contributed by atoms with Gasteiger partial charge in [0.25, 0.3) is 0 Å². The van der Waals surface area contributed by atoms with Crippen molar-refractivity contribution < 1.29 is 4.79 Å². The lowest BCUT2D eigenvalue weighted by molar-refractivity contribution is -0.117. The summed E-state index contributed by atoms with van der Waals surface area (Å²) in [5.41, 5.74) is 5.14. The summed E-state index contributed by atoms with van der Waals surface area (Å²) >= 11 is 1.50. The van der Waals surface area contributed by atoms with E-state index in [9.17, 15) is 4.79 Å². The maximum Gasteiger partial charge on any atom is 0.233 e. The highest BCUT2D eigenvalue weighted by Gasteiger charge is 2.22. The fourth-order valence-electron chi connectivity index (χ4n) is 3.35. The average Bonchev–Trinajstić information content (AvgIpc) is 3.18. The highest BCUT2D eigenvalue weighted by Crippen LogP contribution is 2.29. The van der Waals surface area contributed by atoms with Gasteiger partial charge in [0.15, 0.2) is 5.13 Å². The summed E-state index contributed by atoms with van der Waals surface area (Å²) < 4.78 is 2.07. The molecule has 5 nitrogen and oxygen atoms in total. The van der Waals surface area contributed by atoms with Crippen molar-refractivity contribution in [3.63, 3.8) is 0 Å². The Morgan fingerprint density at radius 1 is 1.18 bits per heavy atom. The Balaban J connectivity index is 1.81. The molecule has 0 saturated heterocycles. The van der Waals surface area contributed by atoms with Gasteiger partial charge in [-0.15, -0.1) is 11.3 Å². The molecule has 0 atom stereocenters. The van der Waals surface area contributed by atoms with Crippen molar-refractivity contribution >= 4 is 28.1 Å². The first kappa shape index (κ1) is 20.3. The number of aromatic nitrogens is 3. The van der Waals surface area contributed by atoms with Crippen molar-refractivity contribution in [3.8, 4) is 0 Å². The summed E-state index contributed by atoms with van der Waals surface area (Å²) in [7, 11) is 0. The van der Waals surface area contributed by atoms with Gasteiger partial charge in [-0.05, 0) is 50.8 Å². The lowest BCUT2D eigenvalue weighted by atomic mass is 10.1. The molecule has 0 radical (unpaired) electrons. The number of rotatable bonds is 7. The third-order valence-corrected chi connectivity index (χ3v) is 5.66. The van der Waals surface area contributed by atoms with E-state index in [1.165, 1.54) is 16.9 Å². The van der Waals surface area contributed by atoms with Crippen LogP contribution in [0.4, 0.5) is 10.8 Å². The van der Waals surface area contributed by atoms with E-state index in [0.29, 0.717) is 18.8 Å². The number of aryl methyl sites for hydroxylation is 2. The molecule has 3 aromatic rings. The summed E-state index contributed by atoms with van der Waals surface area (Å²) in [4.78, 5) is 19.5. The number of carbonyl (C=O) groups excluding carboxylic acids is 1. The van der Waals surface area contributed by atoms with Crippen LogP contribution in [0.25, 0.3) is 0 Å². The predicted octanol–water partition coefficient (Wildman–Crippen LogP) is 5.22. The molecule has 0 fully saturated rings. The number of amides is 1. The van der Waals surface area contributed by atoms with Crippen LogP contribution in [0, 0.1) is 26.7 Å². The summed E-state index contributed by atoms with van der Waals surface area (Å²) in [5.74, 6) is 0.588. The molecule has 1 amide bonds. The summed E-state index contributed by atoms with van der Waals surface area (Å²) in [5, 5.41) is 7.37. The minimum absolute atomic E-state index is 0.0518. The van der Waals surface area contributed by atoms with E-state index in [2.05, 4.69) is 35.5 Å². The first-order valence-electron chi connectivity index (χ1n) is 9.69. The number of carbonyl (C=O) groups is 1. The van der Waals surface area contributed by atoms with Crippen LogP contribution in [0.5, 0.6) is 0 Å². The maximum atomic E-state index is 13.2. The van der Waals surface area contributed by atoms with Crippen LogP contribution in [-0.4, -0.2) is 20.7 Å². The minimum atomic E-state index is 0.0518. The van der Waals surface area contributed by atoms with Gasteiger partial charge in [0, 0.05) is 24.0 Å². The summed E-state index contributed by atoms with van der Waals surface area (Å²) in [6, 6.07) is 9.74. The number of thiazole rings is 1. The van der Waals surface area contributed by atoms with Crippen LogP contribution >= 0.6 is 11.3 Å². The molecule has 1 aromatic carbocycles. The Labute approximate surface area is 171 Å². The van der Waals surface area contributed by atoms with Crippen molar-refractivity contribution in [2.45, 2.75) is 54.0 Å². The Bertz CT molecular complexity index is 943. The molecule has 0 aliphatic carbocycles. The van der Waals surface area contributed by atoms with Gasteiger partial charge in [-0.2, -0.15) is 5.10 Å². The molecule has 3 rings (SSSR count). The molecular formula is C22H28N4OS. The third kappa shape index (κ3) is 4.50. The van der Waals surface area contributed by atoms with Gasteiger partial charge in [-0.1, -0.05) is 32.0 Å². The van der Waals surface area contributed by atoms with Gasteiger partial charge in [0.1, 0.15) is 0 Å². The highest BCUT2D eigenvalue weighted by molar-refractivity contribution is 7.14. The SMILES string of the molecule is Cc1csc(N(C(=O)CCc2c(C)nn(CC(C)C)c2C)c2ccccc2)n1. The van der Waals surface area contributed by atoms with Crippen molar-refractivity contribution in [2.24, 2.45) is 5.92 Å². The number of hydrogen-bond acceptors (Lipinski definition) is 4. The van der Waals surface area contributed by atoms with E-state index in [1.807, 2.05) is 49.6 Å². The number of nitrogens with zero attached hydrogens (tertiary/aromatic N) is 4. The van der Waals surface area contributed by atoms with Gasteiger partial charge >= 0.3 is 0 Å². The minimum Gasteiger partial charge on any atom is -0.274 e. The molecule has 0 aliphatic heterocycles. The molecule has 148 valence electrons. The van der Waals surface area contributed by atoms with E-state index in [0.717, 1.165) is 34.4 Å². The molecule has 2 aromatic heterocycles. The van der Waals surface area contributed by atoms with E-state index in [-0.39, 0.29) is 5.91 Å². The molecule has 0 spiro atoms. The first-order valence-corrected chi connectivity index (χ1v) is 10.6. The Hall–Kier alpha value is -2.47. The molecule has 28 heavy (non-hydrogen) atoms. The van der Waals surface area contributed by atoms with Crippen molar-refractivity contribution in [1.82, 2.24) is 14.8 Å². The second kappa shape index (κ2) is 8.69. The van der Waals surface area contributed by atoms with Gasteiger partial charge in [0.05, 0.1) is 17.1 Å². The fourth-order valence-corrected chi connectivity index (χ4v) is 4.18. The van der Waals surface area contributed by atoms with Gasteiger partial charge in [-0.3, -0.25) is 14.4 Å². The van der Waals surface area contributed by atoms with Crippen LogP contribution < -0.4 is 4.90 Å². The predicted molar refractivity (Wildman–Crippen MR) is 115 cm³/mol. The Morgan fingerprint density at radius 3 is 2.50 bits per heavy atom. The molecule has 0 aliphatic rings. The number of anilines is 2. The van der Waals surface area contributed by atoms with Crippen LogP contribution in [0.15, 0.2) is 35.7 Å². The van der Waals surface area contributed by atoms with Crippen LogP contribution in [-0.2, 0) is 17.8 Å². The third-order valence-electron chi connectivity index (χ3n) is 4.72. The second-order valence-corrected chi connectivity index (χ2v) is 8.40. The molecule has 0 unspecified atom stereocenters. The van der Waals surface area contributed by atoms with E-state index < -0.39 is 0 Å². The first-order chi connectivity index (χ1) is 13.4. The zero-order valence-corrected chi connectivity index (χ0v) is 18.1. The largest absolute Gasteiger partial charge is 0.274 e. The number of para-hydroxylation sites is 1. The van der Waals surface area contributed by atoms with E-state index in [1.54, 1.807) is 4.90 Å². The fraction of sp³-hybridized carbons (Fsp3) is 0.409. The monoisotopic (exact) mass is 396 g/mol. The van der Waals surface area contributed by atoms with Crippen LogP contribution in [0.3, 0.4) is 0 Å². The average molecular weight is 397 g/mol. The molecule has 0 bridgehead atoms. The Morgan fingerprint density at radius 2 is 1.89 bits per heavy atom. The van der Waals surface area contributed by atoms with Gasteiger partial charge in [0.2, 0.25) is 5.91 Å². The normalized spacial score (nSPS) is 11.2. The molecule has 0 saturated carbocycles. The van der Waals surface area contributed by atoms with Crippen molar-refractivity contribution in [2.75, 3.05) is 4.90 Å². The van der Waals surface area contributed by atoms with Crippen molar-refractivity contribution in [3.05, 3.63) is 58.4 Å². The van der Waals surface area contributed by atoms with Gasteiger partial charge in [-0.25, -0.2) is 4.98 Å². The summed E-state index contributed by atoms with van der Waals surface area (Å²) in [6.45, 7) is 11.4. The Kier molecular flexibility index (Phi) is 6.29. The lowest BCUT2D eigenvalue weighted by Crippen LogP contribution is -2.26. The zero-order chi connectivity index (χ0) is 20.3. The number of benzene rings is 1. The second-order valence-electron chi connectivity index (χ2n) is 7.56. The van der Waals surface area contributed by atoms with Crippen LogP contribution in [0.1, 0.15) is 42.9 Å². The quantitative estimate of drug-likeness (QED) is 0.550. The molecule has 6 heteroatoms. The maximum absolute atomic E-state index is 13.2. The molecular weight excluding hydrogens is 368 g/mol. The zero-order valence-electron chi connectivity index (χ0n) is 17.3. The number of hydrogen-bond donors (Lipinski definition) is 0. The summed E-state index contributed by atoms with van der Waals surface area (Å²) in [6.07, 6.45) is 1.10. The topological polar surface area (TPSA) is 51.0 Å².